The van der Waals surface area contributed by atoms with E-state index in [4.69, 9.17) is 19.7 Å². The van der Waals surface area contributed by atoms with Crippen molar-refractivity contribution >= 4 is 28.5 Å². The molecule has 3 aromatic rings. The number of nitrogens with zero attached hydrogens (tertiary/aromatic N) is 5. The lowest BCUT2D eigenvalue weighted by molar-refractivity contribution is 0.102. The summed E-state index contributed by atoms with van der Waals surface area (Å²) in [6.45, 7) is 5.75. The van der Waals surface area contributed by atoms with E-state index in [0.29, 0.717) is 40.3 Å². The highest BCUT2D eigenvalue weighted by Gasteiger charge is 2.66. The number of nitrogens with one attached hydrogen (secondary N) is 1. The number of carbonyl (C=O) groups is 1. The highest BCUT2D eigenvalue weighted by atomic mass is 32.2. The maximum absolute atomic E-state index is 15.4. The standard InChI is InChI=1S/C24H26FN7O4S/c1-12-5-14(6-15(20(12)25)23(3)17-7-24(17,11-34-4)37-22(26)31-23)30-21(33)16-8-28-18(9-27-16)35-10-19-29-13(2)32-36-19/h5-6,8-9,17H,7,10-11H2,1-4H3,(H2,26,31)(H,30,33)/t17-,23-,24+/m0/s1. The fraction of sp³-hybridized carbons (Fsp3) is 0.417. The zero-order valence-corrected chi connectivity index (χ0v) is 21.6. The molecule has 194 valence electrons. The summed E-state index contributed by atoms with van der Waals surface area (Å²) in [6.07, 6.45) is 3.41. The van der Waals surface area contributed by atoms with Crippen molar-refractivity contribution in [1.82, 2.24) is 20.1 Å². The molecule has 1 amide bonds. The first-order valence-electron chi connectivity index (χ1n) is 11.5. The second kappa shape index (κ2) is 9.38. The summed E-state index contributed by atoms with van der Waals surface area (Å²) in [6, 6.07) is 3.18. The lowest BCUT2D eigenvalue weighted by atomic mass is 9.84. The van der Waals surface area contributed by atoms with Crippen molar-refractivity contribution < 1.29 is 23.2 Å². The number of halogens is 1. The average molecular weight is 528 g/mol. The van der Waals surface area contributed by atoms with Crippen LogP contribution in [0.15, 0.2) is 34.0 Å². The Hall–Kier alpha value is -3.58. The number of ether oxygens (including phenoxy) is 2. The van der Waals surface area contributed by atoms with E-state index >= 15 is 4.39 Å². The number of amides is 1. The monoisotopic (exact) mass is 527 g/mol. The summed E-state index contributed by atoms with van der Waals surface area (Å²) in [4.78, 5) is 29.8. The third-order valence-corrected chi connectivity index (χ3v) is 7.85. The number of rotatable bonds is 8. The van der Waals surface area contributed by atoms with Crippen LogP contribution in [0, 0.1) is 25.6 Å². The molecule has 1 aliphatic heterocycles. The third-order valence-electron chi connectivity index (χ3n) is 6.57. The molecule has 0 bridgehead atoms. The van der Waals surface area contributed by atoms with Crippen LogP contribution in [0.2, 0.25) is 0 Å². The van der Waals surface area contributed by atoms with E-state index in [1.807, 2.05) is 6.92 Å². The van der Waals surface area contributed by atoms with E-state index in [1.54, 1.807) is 33.1 Å². The van der Waals surface area contributed by atoms with E-state index in [0.717, 1.165) is 6.42 Å². The van der Waals surface area contributed by atoms with E-state index in [2.05, 4.69) is 30.4 Å². The Labute approximate surface area is 216 Å². The molecule has 1 fully saturated rings. The molecule has 0 spiro atoms. The predicted molar refractivity (Wildman–Crippen MR) is 134 cm³/mol. The number of benzene rings is 1. The average Bonchev–Trinajstić information content (AvgIpc) is 3.42. The van der Waals surface area contributed by atoms with Gasteiger partial charge in [-0.15, -0.1) is 0 Å². The summed E-state index contributed by atoms with van der Waals surface area (Å²) >= 11 is 1.48. The van der Waals surface area contributed by atoms with Crippen LogP contribution in [0.5, 0.6) is 5.88 Å². The number of amidine groups is 1. The zero-order valence-electron chi connectivity index (χ0n) is 20.7. The number of aryl methyl sites for hydroxylation is 2. The first-order valence-corrected chi connectivity index (χ1v) is 12.3. The topological polar surface area (TPSA) is 151 Å². The molecule has 11 nitrogen and oxygen atoms in total. The summed E-state index contributed by atoms with van der Waals surface area (Å²) in [5.74, 6) is 0.150. The van der Waals surface area contributed by atoms with Crippen LogP contribution in [0.1, 0.15) is 46.7 Å². The molecular weight excluding hydrogens is 501 g/mol. The van der Waals surface area contributed by atoms with Gasteiger partial charge >= 0.3 is 0 Å². The summed E-state index contributed by atoms with van der Waals surface area (Å²) in [5.41, 5.74) is 6.50. The highest BCUT2D eigenvalue weighted by Crippen LogP contribution is 2.66. The molecular formula is C24H26FN7O4S. The number of carbonyl (C=O) groups excluding carboxylic acids is 1. The van der Waals surface area contributed by atoms with Gasteiger partial charge in [0.15, 0.2) is 17.6 Å². The van der Waals surface area contributed by atoms with Crippen molar-refractivity contribution in [2.24, 2.45) is 16.6 Å². The molecule has 1 aromatic carbocycles. The Balaban J connectivity index is 1.33. The quantitative estimate of drug-likeness (QED) is 0.447. The molecule has 3 heterocycles. The number of fused-ring (bicyclic) bond motifs is 1. The summed E-state index contributed by atoms with van der Waals surface area (Å²) in [5, 5.41) is 6.86. The number of hydrogen-bond acceptors (Lipinski definition) is 11. The van der Waals surface area contributed by atoms with Crippen molar-refractivity contribution in [3.63, 3.8) is 0 Å². The van der Waals surface area contributed by atoms with Crippen LogP contribution in [0.25, 0.3) is 0 Å². The molecule has 5 rings (SSSR count). The number of nitrogens with two attached hydrogens (primary N) is 1. The van der Waals surface area contributed by atoms with Crippen molar-refractivity contribution in [2.75, 3.05) is 19.0 Å². The van der Waals surface area contributed by atoms with Crippen LogP contribution in [-0.4, -0.2) is 49.6 Å². The first kappa shape index (κ1) is 25.1. The fourth-order valence-electron chi connectivity index (χ4n) is 4.78. The normalized spacial score (nSPS) is 24.2. The SMILES string of the molecule is COC[C@]12C[C@H]1[C@](C)(c1cc(NC(=O)c3cnc(OCc4nc(C)no4)cn3)cc(C)c1F)N=C(N)S2. The van der Waals surface area contributed by atoms with Gasteiger partial charge in [-0.1, -0.05) is 16.9 Å². The maximum atomic E-state index is 15.4. The minimum Gasteiger partial charge on any atom is -0.466 e. The molecule has 1 saturated carbocycles. The number of hydrogen-bond donors (Lipinski definition) is 2. The molecule has 3 atom stereocenters. The van der Waals surface area contributed by atoms with E-state index in [9.17, 15) is 4.79 Å². The molecule has 13 heteroatoms. The van der Waals surface area contributed by atoms with Crippen LogP contribution in [0.4, 0.5) is 10.1 Å². The van der Waals surface area contributed by atoms with Crippen molar-refractivity contribution in [3.05, 3.63) is 58.9 Å². The van der Waals surface area contributed by atoms with E-state index in [1.165, 1.54) is 24.2 Å². The fourth-order valence-corrected chi connectivity index (χ4v) is 6.23. The predicted octanol–water partition coefficient (Wildman–Crippen LogP) is 3.13. The number of thioether (sulfide) groups is 1. The second-order valence-corrected chi connectivity index (χ2v) is 10.8. The Morgan fingerprint density at radius 3 is 2.81 bits per heavy atom. The maximum Gasteiger partial charge on any atom is 0.275 e. The second-order valence-electron chi connectivity index (χ2n) is 9.33. The molecule has 37 heavy (non-hydrogen) atoms. The van der Waals surface area contributed by atoms with E-state index < -0.39 is 11.4 Å². The van der Waals surface area contributed by atoms with Gasteiger partial charge in [0.1, 0.15) is 11.5 Å². The first-order chi connectivity index (χ1) is 17.6. The zero-order chi connectivity index (χ0) is 26.4. The largest absolute Gasteiger partial charge is 0.466 e. The molecule has 3 N–H and O–H groups in total. The van der Waals surface area contributed by atoms with Gasteiger partial charge in [0.25, 0.3) is 11.8 Å². The van der Waals surface area contributed by atoms with Gasteiger partial charge in [0.05, 0.1) is 29.3 Å². The Morgan fingerprint density at radius 2 is 2.14 bits per heavy atom. The number of methoxy groups -OCH3 is 1. The molecule has 0 saturated heterocycles. The molecule has 0 radical (unpaired) electrons. The van der Waals surface area contributed by atoms with Crippen LogP contribution < -0.4 is 15.8 Å². The van der Waals surface area contributed by atoms with Crippen molar-refractivity contribution in [1.29, 1.82) is 0 Å². The third kappa shape index (κ3) is 4.76. The molecule has 2 aromatic heterocycles. The Morgan fingerprint density at radius 1 is 1.32 bits per heavy atom. The van der Waals surface area contributed by atoms with Gasteiger partial charge in [-0.05, 0) is 44.9 Å². The van der Waals surface area contributed by atoms with E-state index in [-0.39, 0.29) is 34.7 Å². The van der Waals surface area contributed by atoms with Gasteiger partial charge in [0.2, 0.25) is 5.88 Å². The minimum absolute atomic E-state index is 0.0234. The molecule has 2 aliphatic rings. The lowest BCUT2D eigenvalue weighted by Crippen LogP contribution is -2.37. The number of aromatic nitrogens is 4. The van der Waals surface area contributed by atoms with Gasteiger partial charge in [-0.2, -0.15) is 4.98 Å². The number of aliphatic imine (C=N–C) groups is 1. The van der Waals surface area contributed by atoms with Crippen molar-refractivity contribution in [3.8, 4) is 5.88 Å². The summed E-state index contributed by atoms with van der Waals surface area (Å²) < 4.78 is 31.1. The van der Waals surface area contributed by atoms with Crippen LogP contribution in [-0.2, 0) is 16.9 Å². The highest BCUT2D eigenvalue weighted by molar-refractivity contribution is 8.15. The Kier molecular flexibility index (Phi) is 6.36. The minimum atomic E-state index is -0.890. The molecule has 0 unspecified atom stereocenters. The molecule has 1 aliphatic carbocycles. The van der Waals surface area contributed by atoms with Gasteiger partial charge < -0.3 is 25.0 Å². The van der Waals surface area contributed by atoms with Crippen molar-refractivity contribution in [2.45, 2.75) is 44.1 Å². The smallest absolute Gasteiger partial charge is 0.275 e. The van der Waals surface area contributed by atoms with Gasteiger partial charge in [-0.3, -0.25) is 9.79 Å². The van der Waals surface area contributed by atoms with Crippen LogP contribution >= 0.6 is 11.8 Å². The lowest BCUT2D eigenvalue weighted by Gasteiger charge is -2.34. The number of anilines is 1. The van der Waals surface area contributed by atoms with Gasteiger partial charge in [-0.25, -0.2) is 14.4 Å². The van der Waals surface area contributed by atoms with Crippen LogP contribution in [0.3, 0.4) is 0 Å². The van der Waals surface area contributed by atoms with Gasteiger partial charge in [0, 0.05) is 24.3 Å². The summed E-state index contributed by atoms with van der Waals surface area (Å²) in [7, 11) is 1.64. The Bertz CT molecular complexity index is 1380.